The van der Waals surface area contributed by atoms with E-state index in [-0.39, 0.29) is 29.2 Å². The number of amides is 2. The molecular weight excluding hydrogens is 300 g/mol. The number of hydrogen-bond acceptors (Lipinski definition) is 2. The average Bonchev–Trinajstić information content (AvgIpc) is 2.90. The lowest BCUT2D eigenvalue weighted by Gasteiger charge is -2.34. The topological polar surface area (TPSA) is 72.2 Å². The van der Waals surface area contributed by atoms with Crippen molar-refractivity contribution in [3.05, 3.63) is 0 Å². The Kier molecular flexibility index (Phi) is 6.70. The molecule has 2 saturated carbocycles. The summed E-state index contributed by atoms with van der Waals surface area (Å²) in [6.45, 7) is 5.97. The van der Waals surface area contributed by atoms with E-state index in [1.165, 1.54) is 44.9 Å². The maximum absolute atomic E-state index is 12.9. The van der Waals surface area contributed by atoms with Gasteiger partial charge in [-0.3, -0.25) is 9.59 Å². The second-order valence-electron chi connectivity index (χ2n) is 9.12. The third kappa shape index (κ3) is 5.78. The van der Waals surface area contributed by atoms with Gasteiger partial charge in [-0.2, -0.15) is 0 Å². The van der Waals surface area contributed by atoms with Gasteiger partial charge in [0.25, 0.3) is 0 Å². The fourth-order valence-electron chi connectivity index (χ4n) is 4.26. The molecule has 0 heterocycles. The molecule has 0 bridgehead atoms. The summed E-state index contributed by atoms with van der Waals surface area (Å²) in [5.74, 6) is 0.476. The van der Waals surface area contributed by atoms with E-state index in [0.717, 1.165) is 25.2 Å². The molecule has 2 aliphatic rings. The minimum Gasteiger partial charge on any atom is -0.369 e. The van der Waals surface area contributed by atoms with Crippen molar-refractivity contribution in [1.29, 1.82) is 0 Å². The highest BCUT2D eigenvalue weighted by molar-refractivity contribution is 5.87. The first kappa shape index (κ1) is 19.3. The smallest absolute Gasteiger partial charge is 0.224 e. The quantitative estimate of drug-likeness (QED) is 0.708. The zero-order valence-corrected chi connectivity index (χ0v) is 15.8. The third-order valence-corrected chi connectivity index (χ3v) is 5.86. The standard InChI is InChI=1S/C20H36N2O2/c1-20(2,3)22-19(24)17(13-15-9-6-10-15)16(18(21)23)12-11-14-7-4-5-8-14/h14-17H,4-13H2,1-3H3,(H2,21,23)(H,22,24)/t16-,17+/m0/s1. The minimum atomic E-state index is -0.312. The molecule has 0 spiro atoms. The first-order valence-electron chi connectivity index (χ1n) is 9.87. The number of primary amides is 1. The van der Waals surface area contributed by atoms with Crippen LogP contribution in [0.3, 0.4) is 0 Å². The molecule has 0 aromatic heterocycles. The van der Waals surface area contributed by atoms with Crippen molar-refractivity contribution in [2.24, 2.45) is 29.4 Å². The molecule has 138 valence electrons. The SMILES string of the molecule is CC(C)(C)NC(=O)[C@H](CC1CCC1)[C@H](CCC1CCCC1)C(N)=O. The van der Waals surface area contributed by atoms with E-state index in [1.54, 1.807) is 0 Å². The van der Waals surface area contributed by atoms with Crippen LogP contribution in [0.2, 0.25) is 0 Å². The number of rotatable bonds is 8. The number of hydrogen-bond donors (Lipinski definition) is 2. The molecule has 0 saturated heterocycles. The molecule has 2 amide bonds. The minimum absolute atomic E-state index is 0.0182. The molecule has 24 heavy (non-hydrogen) atoms. The predicted molar refractivity (Wildman–Crippen MR) is 97.2 cm³/mol. The summed E-state index contributed by atoms with van der Waals surface area (Å²) < 4.78 is 0. The van der Waals surface area contributed by atoms with Crippen LogP contribution in [0.15, 0.2) is 0 Å². The van der Waals surface area contributed by atoms with E-state index >= 15 is 0 Å². The zero-order valence-electron chi connectivity index (χ0n) is 15.8. The highest BCUT2D eigenvalue weighted by Crippen LogP contribution is 2.37. The van der Waals surface area contributed by atoms with Crippen LogP contribution in [0.5, 0.6) is 0 Å². The monoisotopic (exact) mass is 336 g/mol. The summed E-state index contributed by atoms with van der Waals surface area (Å²) in [5, 5.41) is 3.09. The van der Waals surface area contributed by atoms with Gasteiger partial charge in [-0.15, -0.1) is 0 Å². The van der Waals surface area contributed by atoms with E-state index in [9.17, 15) is 9.59 Å². The van der Waals surface area contributed by atoms with Gasteiger partial charge in [-0.05, 0) is 51.9 Å². The summed E-state index contributed by atoms with van der Waals surface area (Å²) in [4.78, 5) is 25.0. The fourth-order valence-corrected chi connectivity index (χ4v) is 4.26. The summed E-state index contributed by atoms with van der Waals surface area (Å²) in [6, 6.07) is 0. The first-order chi connectivity index (χ1) is 11.3. The van der Waals surface area contributed by atoms with Gasteiger partial charge < -0.3 is 11.1 Å². The molecule has 2 atom stereocenters. The predicted octanol–water partition coefficient (Wildman–Crippen LogP) is 3.78. The normalized spacial score (nSPS) is 22.0. The summed E-state index contributed by atoms with van der Waals surface area (Å²) in [7, 11) is 0. The largest absolute Gasteiger partial charge is 0.369 e. The Labute approximate surface area is 147 Å². The highest BCUT2D eigenvalue weighted by atomic mass is 16.2. The Balaban J connectivity index is 2.03. The van der Waals surface area contributed by atoms with Gasteiger partial charge in [0.2, 0.25) is 11.8 Å². The summed E-state index contributed by atoms with van der Waals surface area (Å²) >= 11 is 0. The van der Waals surface area contributed by atoms with Gasteiger partial charge in [0.1, 0.15) is 0 Å². The Morgan fingerprint density at radius 3 is 2.04 bits per heavy atom. The molecule has 0 aromatic rings. The van der Waals surface area contributed by atoms with E-state index < -0.39 is 0 Å². The van der Waals surface area contributed by atoms with Crippen LogP contribution >= 0.6 is 0 Å². The van der Waals surface area contributed by atoms with Crippen LogP contribution in [0.25, 0.3) is 0 Å². The summed E-state index contributed by atoms with van der Waals surface area (Å²) in [6.07, 6.45) is 11.4. The van der Waals surface area contributed by atoms with E-state index in [1.807, 2.05) is 20.8 Å². The molecule has 0 radical (unpaired) electrons. The lowest BCUT2D eigenvalue weighted by atomic mass is 9.73. The van der Waals surface area contributed by atoms with Gasteiger partial charge in [0.05, 0.1) is 0 Å². The Morgan fingerprint density at radius 2 is 1.58 bits per heavy atom. The van der Waals surface area contributed by atoms with E-state index in [4.69, 9.17) is 5.73 Å². The maximum atomic E-state index is 12.9. The van der Waals surface area contributed by atoms with Crippen LogP contribution in [0.4, 0.5) is 0 Å². The summed E-state index contributed by atoms with van der Waals surface area (Å²) in [5.41, 5.74) is 5.46. The molecule has 0 aromatic carbocycles. The van der Waals surface area contributed by atoms with Crippen molar-refractivity contribution >= 4 is 11.8 Å². The number of carbonyl (C=O) groups is 2. The lowest BCUT2D eigenvalue weighted by Crippen LogP contribution is -2.48. The second kappa shape index (κ2) is 8.35. The lowest BCUT2D eigenvalue weighted by molar-refractivity contribution is -0.135. The number of carbonyl (C=O) groups excluding carboxylic acids is 2. The van der Waals surface area contributed by atoms with E-state index in [2.05, 4.69) is 5.32 Å². The molecular formula is C20H36N2O2. The molecule has 3 N–H and O–H groups in total. The Bertz CT molecular complexity index is 431. The number of nitrogens with one attached hydrogen (secondary N) is 1. The molecule has 0 unspecified atom stereocenters. The van der Waals surface area contributed by atoms with Gasteiger partial charge in [-0.25, -0.2) is 0 Å². The fraction of sp³-hybridized carbons (Fsp3) is 0.900. The van der Waals surface area contributed by atoms with Crippen LogP contribution in [0.1, 0.15) is 85.0 Å². The van der Waals surface area contributed by atoms with Crippen molar-refractivity contribution < 1.29 is 9.59 Å². The highest BCUT2D eigenvalue weighted by Gasteiger charge is 2.37. The molecule has 4 nitrogen and oxygen atoms in total. The van der Waals surface area contributed by atoms with Gasteiger partial charge in [0, 0.05) is 17.4 Å². The molecule has 4 heteroatoms. The molecule has 2 rings (SSSR count). The molecule has 2 aliphatic carbocycles. The van der Waals surface area contributed by atoms with Crippen molar-refractivity contribution in [3.63, 3.8) is 0 Å². The maximum Gasteiger partial charge on any atom is 0.224 e. The average molecular weight is 337 g/mol. The van der Waals surface area contributed by atoms with Crippen LogP contribution in [0, 0.1) is 23.7 Å². The third-order valence-electron chi connectivity index (χ3n) is 5.86. The van der Waals surface area contributed by atoms with Crippen LogP contribution in [-0.4, -0.2) is 17.4 Å². The number of nitrogens with two attached hydrogens (primary N) is 1. The molecule has 2 fully saturated rings. The molecule has 0 aliphatic heterocycles. The van der Waals surface area contributed by atoms with Gasteiger partial charge in [0.15, 0.2) is 0 Å². The van der Waals surface area contributed by atoms with Crippen LogP contribution < -0.4 is 11.1 Å². The van der Waals surface area contributed by atoms with E-state index in [0.29, 0.717) is 5.92 Å². The van der Waals surface area contributed by atoms with Crippen LogP contribution in [-0.2, 0) is 9.59 Å². The Hall–Kier alpha value is -1.06. The van der Waals surface area contributed by atoms with Crippen molar-refractivity contribution in [2.75, 3.05) is 0 Å². The van der Waals surface area contributed by atoms with Gasteiger partial charge in [-0.1, -0.05) is 44.9 Å². The van der Waals surface area contributed by atoms with Gasteiger partial charge >= 0.3 is 0 Å². The first-order valence-corrected chi connectivity index (χ1v) is 9.87. The van der Waals surface area contributed by atoms with Crippen molar-refractivity contribution in [2.45, 2.75) is 90.5 Å². The zero-order chi connectivity index (χ0) is 17.7. The Morgan fingerprint density at radius 1 is 1.00 bits per heavy atom. The second-order valence-corrected chi connectivity index (χ2v) is 9.12. The van der Waals surface area contributed by atoms with Crippen molar-refractivity contribution in [3.8, 4) is 0 Å². The van der Waals surface area contributed by atoms with Crippen molar-refractivity contribution in [1.82, 2.24) is 5.32 Å².